The van der Waals surface area contributed by atoms with E-state index in [2.05, 4.69) is 34.8 Å². The maximum atomic E-state index is 12.3. The van der Waals surface area contributed by atoms with E-state index < -0.39 is 0 Å². The number of anilines is 2. The van der Waals surface area contributed by atoms with E-state index in [4.69, 9.17) is 16.0 Å². The second kappa shape index (κ2) is 9.03. The van der Waals surface area contributed by atoms with Gasteiger partial charge < -0.3 is 15.1 Å². The fourth-order valence-corrected chi connectivity index (χ4v) is 3.39. The lowest BCUT2D eigenvalue weighted by Crippen LogP contribution is -2.20. The van der Waals surface area contributed by atoms with Gasteiger partial charge in [-0.3, -0.25) is 5.32 Å². The SMILES string of the molecule is CC(C)CNCc1csc(NC(=O)Nc2cc(Cl)cc(-c3ccoc3)c2)n1. The van der Waals surface area contributed by atoms with Gasteiger partial charge in [-0.1, -0.05) is 25.4 Å². The molecule has 0 radical (unpaired) electrons. The lowest BCUT2D eigenvalue weighted by molar-refractivity contribution is 0.262. The molecule has 0 aliphatic rings. The molecule has 0 unspecified atom stereocenters. The van der Waals surface area contributed by atoms with E-state index in [0.717, 1.165) is 23.4 Å². The highest BCUT2D eigenvalue weighted by Gasteiger charge is 2.09. The number of nitrogens with one attached hydrogen (secondary N) is 3. The minimum Gasteiger partial charge on any atom is -0.472 e. The lowest BCUT2D eigenvalue weighted by atomic mass is 10.1. The van der Waals surface area contributed by atoms with Crippen molar-refractivity contribution in [2.75, 3.05) is 17.2 Å². The maximum absolute atomic E-state index is 12.3. The molecule has 0 saturated heterocycles. The average Bonchev–Trinajstić information content (AvgIpc) is 3.26. The third-order valence-corrected chi connectivity index (χ3v) is 4.67. The van der Waals surface area contributed by atoms with Crippen LogP contribution in [0.3, 0.4) is 0 Å². The van der Waals surface area contributed by atoms with Crippen LogP contribution < -0.4 is 16.0 Å². The fourth-order valence-electron chi connectivity index (χ4n) is 2.45. The van der Waals surface area contributed by atoms with Crippen molar-refractivity contribution in [1.29, 1.82) is 0 Å². The molecule has 8 heteroatoms. The molecule has 0 aliphatic heterocycles. The largest absolute Gasteiger partial charge is 0.472 e. The van der Waals surface area contributed by atoms with Gasteiger partial charge in [0.05, 0.1) is 18.2 Å². The van der Waals surface area contributed by atoms with Crippen LogP contribution in [-0.4, -0.2) is 17.6 Å². The van der Waals surface area contributed by atoms with E-state index in [-0.39, 0.29) is 6.03 Å². The second-order valence-electron chi connectivity index (χ2n) is 6.49. The highest BCUT2D eigenvalue weighted by Crippen LogP contribution is 2.27. The van der Waals surface area contributed by atoms with E-state index in [0.29, 0.717) is 28.3 Å². The molecule has 3 aromatic rings. The van der Waals surface area contributed by atoms with E-state index in [1.165, 1.54) is 11.3 Å². The molecule has 3 N–H and O–H groups in total. The van der Waals surface area contributed by atoms with Crippen LogP contribution in [0.5, 0.6) is 0 Å². The molecule has 6 nitrogen and oxygen atoms in total. The number of benzene rings is 1. The van der Waals surface area contributed by atoms with Crippen molar-refractivity contribution in [3.05, 3.63) is 52.9 Å². The van der Waals surface area contributed by atoms with Crippen molar-refractivity contribution in [1.82, 2.24) is 10.3 Å². The van der Waals surface area contributed by atoms with E-state index in [9.17, 15) is 4.79 Å². The number of nitrogens with zero attached hydrogens (tertiary/aromatic N) is 1. The minimum atomic E-state index is -0.369. The number of thiazole rings is 1. The Bertz CT molecular complexity index is 893. The van der Waals surface area contributed by atoms with Crippen molar-refractivity contribution >= 4 is 39.8 Å². The van der Waals surface area contributed by atoms with Crippen LogP contribution in [0.25, 0.3) is 11.1 Å². The topological polar surface area (TPSA) is 79.2 Å². The fraction of sp³-hybridized carbons (Fsp3) is 0.263. The molecule has 3 rings (SSSR count). The molecule has 27 heavy (non-hydrogen) atoms. The van der Waals surface area contributed by atoms with Gasteiger partial charge in [-0.25, -0.2) is 9.78 Å². The summed E-state index contributed by atoms with van der Waals surface area (Å²) in [6, 6.07) is 6.80. The molecule has 0 spiro atoms. The van der Waals surface area contributed by atoms with Gasteiger partial charge in [-0.05, 0) is 42.3 Å². The molecule has 142 valence electrons. The first-order valence-electron chi connectivity index (χ1n) is 8.56. The summed E-state index contributed by atoms with van der Waals surface area (Å²) in [7, 11) is 0. The number of aromatic nitrogens is 1. The molecule has 0 aliphatic carbocycles. The number of rotatable bonds is 7. The summed E-state index contributed by atoms with van der Waals surface area (Å²) in [6.45, 7) is 5.91. The first kappa shape index (κ1) is 19.4. The van der Waals surface area contributed by atoms with Crippen LogP contribution in [0.15, 0.2) is 46.6 Å². The van der Waals surface area contributed by atoms with Gasteiger partial charge >= 0.3 is 6.03 Å². The highest BCUT2D eigenvalue weighted by molar-refractivity contribution is 7.13. The van der Waals surface area contributed by atoms with Gasteiger partial charge in [-0.15, -0.1) is 11.3 Å². The van der Waals surface area contributed by atoms with Gasteiger partial charge in [0.15, 0.2) is 5.13 Å². The standard InChI is InChI=1S/C19H21ClN4O2S/c1-12(2)8-21-9-17-11-27-19(23-17)24-18(25)22-16-6-14(5-15(20)7-16)13-3-4-26-10-13/h3-7,10-12,21H,8-9H2,1-2H3,(H2,22,23,24,25). The van der Waals surface area contributed by atoms with Crippen molar-refractivity contribution in [2.45, 2.75) is 20.4 Å². The predicted molar refractivity (Wildman–Crippen MR) is 110 cm³/mol. The summed E-state index contributed by atoms with van der Waals surface area (Å²) in [4.78, 5) is 16.7. The van der Waals surface area contributed by atoms with Crippen LogP contribution in [0.1, 0.15) is 19.5 Å². The predicted octanol–water partition coefficient (Wildman–Crippen LogP) is 5.45. The van der Waals surface area contributed by atoms with Crippen molar-refractivity contribution in [3.8, 4) is 11.1 Å². The third-order valence-electron chi connectivity index (χ3n) is 3.64. The number of halogens is 1. The summed E-state index contributed by atoms with van der Waals surface area (Å²) in [5.41, 5.74) is 3.24. The van der Waals surface area contributed by atoms with Crippen molar-refractivity contribution in [2.24, 2.45) is 5.92 Å². The van der Waals surface area contributed by atoms with Crippen molar-refractivity contribution < 1.29 is 9.21 Å². The molecular weight excluding hydrogens is 384 g/mol. The van der Waals surface area contributed by atoms with Crippen LogP contribution >= 0.6 is 22.9 Å². The van der Waals surface area contributed by atoms with E-state index >= 15 is 0 Å². The number of hydrogen-bond acceptors (Lipinski definition) is 5. The Morgan fingerprint density at radius 3 is 2.85 bits per heavy atom. The molecule has 0 atom stereocenters. The van der Waals surface area contributed by atoms with Crippen molar-refractivity contribution in [3.63, 3.8) is 0 Å². The van der Waals surface area contributed by atoms with Gasteiger partial charge in [0, 0.05) is 28.2 Å². The first-order valence-corrected chi connectivity index (χ1v) is 9.81. The van der Waals surface area contributed by atoms with Crippen LogP contribution in [0, 0.1) is 5.92 Å². The molecule has 2 amide bonds. The Hall–Kier alpha value is -2.35. The number of hydrogen-bond donors (Lipinski definition) is 3. The Labute approximate surface area is 167 Å². The highest BCUT2D eigenvalue weighted by atomic mass is 35.5. The zero-order valence-electron chi connectivity index (χ0n) is 15.1. The van der Waals surface area contributed by atoms with Gasteiger partial charge in [0.2, 0.25) is 0 Å². The Morgan fingerprint density at radius 2 is 2.11 bits per heavy atom. The average molecular weight is 405 g/mol. The molecule has 2 aromatic heterocycles. The third kappa shape index (κ3) is 5.82. The second-order valence-corrected chi connectivity index (χ2v) is 7.78. The molecule has 0 fully saturated rings. The minimum absolute atomic E-state index is 0.369. The summed E-state index contributed by atoms with van der Waals surface area (Å²) < 4.78 is 5.10. The van der Waals surface area contributed by atoms with E-state index in [1.807, 2.05) is 23.6 Å². The molecule has 0 bridgehead atoms. The summed E-state index contributed by atoms with van der Waals surface area (Å²) in [5, 5.41) is 11.9. The maximum Gasteiger partial charge on any atom is 0.325 e. The number of carbonyl (C=O) groups excluding carboxylic acids is 1. The summed E-state index contributed by atoms with van der Waals surface area (Å²) in [5.74, 6) is 0.580. The number of urea groups is 1. The number of carbonyl (C=O) groups is 1. The van der Waals surface area contributed by atoms with Crippen LogP contribution in [0.2, 0.25) is 5.02 Å². The summed E-state index contributed by atoms with van der Waals surface area (Å²) in [6.07, 6.45) is 3.21. The number of furan rings is 1. The summed E-state index contributed by atoms with van der Waals surface area (Å²) >= 11 is 7.56. The molecule has 0 saturated carbocycles. The molecular formula is C19H21ClN4O2S. The quantitative estimate of drug-likeness (QED) is 0.489. The van der Waals surface area contributed by atoms with E-state index in [1.54, 1.807) is 18.6 Å². The zero-order chi connectivity index (χ0) is 19.2. The Morgan fingerprint density at radius 1 is 1.26 bits per heavy atom. The van der Waals surface area contributed by atoms with Crippen LogP contribution in [-0.2, 0) is 6.54 Å². The van der Waals surface area contributed by atoms with Gasteiger partial charge in [0.25, 0.3) is 0 Å². The lowest BCUT2D eigenvalue weighted by Gasteiger charge is -2.08. The Balaban J connectivity index is 1.59. The Kier molecular flexibility index (Phi) is 6.49. The van der Waals surface area contributed by atoms with Gasteiger partial charge in [0.1, 0.15) is 0 Å². The van der Waals surface area contributed by atoms with Gasteiger partial charge in [-0.2, -0.15) is 0 Å². The monoisotopic (exact) mass is 404 g/mol. The molecule has 1 aromatic carbocycles. The smallest absolute Gasteiger partial charge is 0.325 e. The number of amides is 2. The molecule has 2 heterocycles. The van der Waals surface area contributed by atoms with Crippen LogP contribution in [0.4, 0.5) is 15.6 Å². The first-order chi connectivity index (χ1) is 13.0. The normalized spacial score (nSPS) is 11.0. The zero-order valence-corrected chi connectivity index (χ0v) is 16.7.